The standard InChI is InChI=1S/C19H20N6O5S2/c1-13-18(20-22-24(13)15-4-2-5-16(12-15)25(27)28)19(26)23-9-7-14(8-10-23)21-32(29,30)17-6-3-11-31-17/h2-6,11-12,14,21H,7-10H2,1H3. The second kappa shape index (κ2) is 8.76. The second-order valence-corrected chi connectivity index (χ2v) is 10.2. The Labute approximate surface area is 187 Å². The zero-order chi connectivity index (χ0) is 22.9. The van der Waals surface area contributed by atoms with Crippen LogP contribution in [0.5, 0.6) is 0 Å². The number of hydrogen-bond acceptors (Lipinski definition) is 8. The number of sulfonamides is 1. The number of carbonyl (C=O) groups excluding carboxylic acids is 1. The average molecular weight is 477 g/mol. The van der Waals surface area contributed by atoms with Gasteiger partial charge in [0.05, 0.1) is 16.3 Å². The van der Waals surface area contributed by atoms with Crippen molar-refractivity contribution in [3.05, 3.63) is 63.3 Å². The van der Waals surface area contributed by atoms with Crippen molar-refractivity contribution in [2.24, 2.45) is 0 Å². The molecule has 0 bridgehead atoms. The van der Waals surface area contributed by atoms with Gasteiger partial charge in [0, 0.05) is 31.3 Å². The number of piperidine rings is 1. The maximum atomic E-state index is 13.0. The molecule has 0 atom stereocenters. The molecular weight excluding hydrogens is 456 g/mol. The van der Waals surface area contributed by atoms with Crippen molar-refractivity contribution in [1.29, 1.82) is 0 Å². The molecule has 1 N–H and O–H groups in total. The normalized spacial score (nSPS) is 15.1. The van der Waals surface area contributed by atoms with Crippen LogP contribution < -0.4 is 4.72 Å². The third-order valence-corrected chi connectivity index (χ3v) is 8.16. The van der Waals surface area contributed by atoms with Gasteiger partial charge in [0.25, 0.3) is 11.6 Å². The Balaban J connectivity index is 1.43. The quantitative estimate of drug-likeness (QED) is 0.424. The number of carbonyl (C=O) groups is 1. The summed E-state index contributed by atoms with van der Waals surface area (Å²) in [7, 11) is -3.56. The second-order valence-electron chi connectivity index (χ2n) is 7.33. The van der Waals surface area contributed by atoms with E-state index in [1.54, 1.807) is 35.4 Å². The third kappa shape index (κ3) is 4.40. The molecule has 1 aliphatic rings. The highest BCUT2D eigenvalue weighted by Gasteiger charge is 2.30. The number of nitro benzene ring substituents is 1. The molecule has 32 heavy (non-hydrogen) atoms. The fraction of sp³-hybridized carbons (Fsp3) is 0.316. The van der Waals surface area contributed by atoms with Crippen molar-refractivity contribution >= 4 is 33.0 Å². The summed E-state index contributed by atoms with van der Waals surface area (Å²) < 4.78 is 29.2. The van der Waals surface area contributed by atoms with Gasteiger partial charge in [-0.3, -0.25) is 14.9 Å². The molecule has 1 amide bonds. The van der Waals surface area contributed by atoms with E-state index in [9.17, 15) is 23.3 Å². The van der Waals surface area contributed by atoms with Crippen LogP contribution >= 0.6 is 11.3 Å². The van der Waals surface area contributed by atoms with Crippen LogP contribution in [0.15, 0.2) is 46.0 Å². The number of nitrogens with zero attached hydrogens (tertiary/aromatic N) is 5. The summed E-state index contributed by atoms with van der Waals surface area (Å²) in [4.78, 5) is 25.1. The van der Waals surface area contributed by atoms with Gasteiger partial charge >= 0.3 is 0 Å². The summed E-state index contributed by atoms with van der Waals surface area (Å²) in [5, 5.41) is 20.7. The molecule has 11 nitrogen and oxygen atoms in total. The number of nitro groups is 1. The van der Waals surface area contributed by atoms with Crippen LogP contribution in [0.25, 0.3) is 5.69 Å². The number of rotatable bonds is 6. The minimum atomic E-state index is -3.56. The molecule has 1 aliphatic heterocycles. The summed E-state index contributed by atoms with van der Waals surface area (Å²) >= 11 is 1.16. The van der Waals surface area contributed by atoms with Gasteiger partial charge in [0.2, 0.25) is 10.0 Å². The Morgan fingerprint density at radius 2 is 2.00 bits per heavy atom. The van der Waals surface area contributed by atoms with Gasteiger partial charge in [-0.2, -0.15) is 0 Å². The monoisotopic (exact) mass is 476 g/mol. The molecule has 13 heteroatoms. The maximum absolute atomic E-state index is 13.0. The molecule has 0 saturated carbocycles. The highest BCUT2D eigenvalue weighted by molar-refractivity contribution is 7.91. The van der Waals surface area contributed by atoms with Crippen molar-refractivity contribution in [2.45, 2.75) is 30.0 Å². The molecule has 1 aromatic carbocycles. The van der Waals surface area contributed by atoms with E-state index in [1.165, 1.54) is 22.9 Å². The first-order chi connectivity index (χ1) is 15.3. The third-order valence-electron chi connectivity index (χ3n) is 5.25. The Morgan fingerprint density at radius 1 is 1.25 bits per heavy atom. The summed E-state index contributed by atoms with van der Waals surface area (Å²) in [6, 6.07) is 8.90. The number of benzene rings is 1. The van der Waals surface area contributed by atoms with E-state index in [2.05, 4.69) is 15.0 Å². The highest BCUT2D eigenvalue weighted by Crippen LogP contribution is 2.22. The molecule has 1 fully saturated rings. The summed E-state index contributed by atoms with van der Waals surface area (Å²) in [5.41, 5.74) is 0.979. The lowest BCUT2D eigenvalue weighted by Crippen LogP contribution is -2.46. The fourth-order valence-corrected chi connectivity index (χ4v) is 5.87. The van der Waals surface area contributed by atoms with Gasteiger partial charge in [0.1, 0.15) is 4.21 Å². The zero-order valence-corrected chi connectivity index (χ0v) is 18.7. The van der Waals surface area contributed by atoms with Gasteiger partial charge in [-0.05, 0) is 37.3 Å². The van der Waals surface area contributed by atoms with Crippen molar-refractivity contribution in [2.75, 3.05) is 13.1 Å². The first-order valence-electron chi connectivity index (χ1n) is 9.78. The van der Waals surface area contributed by atoms with Crippen LogP contribution in [0.4, 0.5) is 5.69 Å². The molecule has 168 valence electrons. The van der Waals surface area contributed by atoms with Gasteiger partial charge < -0.3 is 4.90 Å². The molecule has 0 aliphatic carbocycles. The smallest absolute Gasteiger partial charge is 0.276 e. The zero-order valence-electron chi connectivity index (χ0n) is 17.0. The molecule has 1 saturated heterocycles. The van der Waals surface area contributed by atoms with E-state index in [-0.39, 0.29) is 27.5 Å². The summed E-state index contributed by atoms with van der Waals surface area (Å²) in [6.07, 6.45) is 0.961. The van der Waals surface area contributed by atoms with Crippen LogP contribution in [-0.2, 0) is 10.0 Å². The van der Waals surface area contributed by atoms with Crippen molar-refractivity contribution in [3.63, 3.8) is 0 Å². The molecule has 4 rings (SSSR count). The number of nitrogens with one attached hydrogen (secondary N) is 1. The number of thiophene rings is 1. The highest BCUT2D eigenvalue weighted by atomic mass is 32.2. The number of amides is 1. The van der Waals surface area contributed by atoms with Gasteiger partial charge in [-0.1, -0.05) is 17.3 Å². The number of likely N-dealkylation sites (tertiary alicyclic amines) is 1. The van der Waals surface area contributed by atoms with E-state index >= 15 is 0 Å². The Bertz CT molecular complexity index is 1250. The van der Waals surface area contributed by atoms with E-state index in [0.717, 1.165) is 11.3 Å². The van der Waals surface area contributed by atoms with Crippen LogP contribution in [0.1, 0.15) is 29.0 Å². The van der Waals surface area contributed by atoms with Crippen LogP contribution in [-0.4, -0.2) is 58.3 Å². The van der Waals surface area contributed by atoms with Gasteiger partial charge in [0.15, 0.2) is 5.69 Å². The van der Waals surface area contributed by atoms with Crippen LogP contribution in [0.2, 0.25) is 0 Å². The summed E-state index contributed by atoms with van der Waals surface area (Å²) in [5.74, 6) is -0.307. The minimum absolute atomic E-state index is 0.0858. The summed E-state index contributed by atoms with van der Waals surface area (Å²) in [6.45, 7) is 2.42. The Hall–Kier alpha value is -3.16. The van der Waals surface area contributed by atoms with Crippen LogP contribution in [0.3, 0.4) is 0 Å². The lowest BCUT2D eigenvalue weighted by Gasteiger charge is -2.31. The van der Waals surface area contributed by atoms with E-state index < -0.39 is 14.9 Å². The average Bonchev–Trinajstić information content (AvgIpc) is 3.44. The maximum Gasteiger partial charge on any atom is 0.276 e. The SMILES string of the molecule is Cc1c(C(=O)N2CCC(NS(=O)(=O)c3cccs3)CC2)nnn1-c1cccc([N+](=O)[O-])c1. The lowest BCUT2D eigenvalue weighted by molar-refractivity contribution is -0.384. The Morgan fingerprint density at radius 3 is 2.66 bits per heavy atom. The van der Waals surface area contributed by atoms with Crippen LogP contribution in [0, 0.1) is 17.0 Å². The van der Waals surface area contributed by atoms with E-state index in [0.29, 0.717) is 37.3 Å². The van der Waals surface area contributed by atoms with Gasteiger partial charge in [-0.15, -0.1) is 16.4 Å². The van der Waals surface area contributed by atoms with E-state index in [1.807, 2.05) is 0 Å². The molecule has 0 spiro atoms. The largest absolute Gasteiger partial charge is 0.337 e. The predicted octanol–water partition coefficient (Wildman–Crippen LogP) is 2.13. The topological polar surface area (TPSA) is 140 Å². The number of aromatic nitrogens is 3. The Kier molecular flexibility index (Phi) is 6.04. The minimum Gasteiger partial charge on any atom is -0.337 e. The fourth-order valence-electron chi connectivity index (χ4n) is 3.55. The lowest BCUT2D eigenvalue weighted by atomic mass is 10.1. The van der Waals surface area contributed by atoms with Crippen molar-refractivity contribution in [1.82, 2.24) is 24.6 Å². The van der Waals surface area contributed by atoms with Crippen molar-refractivity contribution in [3.8, 4) is 5.69 Å². The van der Waals surface area contributed by atoms with Gasteiger partial charge in [-0.25, -0.2) is 17.8 Å². The molecule has 2 aromatic heterocycles. The first-order valence-corrected chi connectivity index (χ1v) is 12.1. The molecule has 3 aromatic rings. The molecular formula is C19H20N6O5S2. The first kappa shape index (κ1) is 22.0. The van der Waals surface area contributed by atoms with E-state index in [4.69, 9.17) is 0 Å². The number of non-ortho nitro benzene ring substituents is 1. The predicted molar refractivity (Wildman–Crippen MR) is 116 cm³/mol. The molecule has 3 heterocycles. The number of hydrogen-bond donors (Lipinski definition) is 1. The molecule has 0 unspecified atom stereocenters. The molecule has 0 radical (unpaired) electrons. The van der Waals surface area contributed by atoms with Crippen molar-refractivity contribution < 1.29 is 18.1 Å².